The lowest BCUT2D eigenvalue weighted by molar-refractivity contribution is -0.118. The summed E-state index contributed by atoms with van der Waals surface area (Å²) >= 11 is 1.44. The van der Waals surface area contributed by atoms with E-state index in [0.29, 0.717) is 11.9 Å². The van der Waals surface area contributed by atoms with Gasteiger partial charge >= 0.3 is 0 Å². The van der Waals surface area contributed by atoms with Gasteiger partial charge in [-0.2, -0.15) is 0 Å². The molecule has 130 valence electrons. The molecule has 0 fully saturated rings. The number of nitrogens with zero attached hydrogens (tertiary/aromatic N) is 3. The summed E-state index contributed by atoms with van der Waals surface area (Å²) in [6.07, 6.45) is 1.75. The van der Waals surface area contributed by atoms with Crippen molar-refractivity contribution in [2.75, 3.05) is 11.9 Å². The van der Waals surface area contributed by atoms with Gasteiger partial charge in [-0.15, -0.1) is 11.3 Å². The Balaban J connectivity index is 1.51. The Morgan fingerprint density at radius 3 is 2.81 bits per heavy atom. The predicted molar refractivity (Wildman–Crippen MR) is 106 cm³/mol. The Labute approximate surface area is 154 Å². The van der Waals surface area contributed by atoms with Crippen LogP contribution in [0.15, 0.2) is 65.0 Å². The van der Waals surface area contributed by atoms with Crippen molar-refractivity contribution in [1.82, 2.24) is 9.55 Å². The molecule has 0 saturated carbocycles. The van der Waals surface area contributed by atoms with Crippen LogP contribution in [0.3, 0.4) is 0 Å². The SMILES string of the molecule is CN(C(=O)CCn1cnc2sccc2c1=O)c1ccc2ccccc2c1. The first kappa shape index (κ1) is 16.5. The summed E-state index contributed by atoms with van der Waals surface area (Å²) in [6.45, 7) is 0.314. The van der Waals surface area contributed by atoms with E-state index in [4.69, 9.17) is 0 Å². The third-order valence-electron chi connectivity index (χ3n) is 4.51. The number of benzene rings is 2. The largest absolute Gasteiger partial charge is 0.315 e. The number of aryl methyl sites for hydroxylation is 1. The van der Waals surface area contributed by atoms with Crippen molar-refractivity contribution in [3.63, 3.8) is 0 Å². The van der Waals surface area contributed by atoms with Gasteiger partial charge in [-0.3, -0.25) is 14.2 Å². The Kier molecular flexibility index (Phi) is 4.26. The fourth-order valence-corrected chi connectivity index (χ4v) is 3.69. The number of rotatable bonds is 4. The molecule has 0 radical (unpaired) electrons. The van der Waals surface area contributed by atoms with E-state index in [9.17, 15) is 9.59 Å². The fraction of sp³-hybridized carbons (Fsp3) is 0.150. The lowest BCUT2D eigenvalue weighted by Gasteiger charge is -2.18. The van der Waals surface area contributed by atoms with Gasteiger partial charge in [0.2, 0.25) is 5.91 Å². The molecule has 0 spiro atoms. The van der Waals surface area contributed by atoms with Crippen LogP contribution in [-0.2, 0) is 11.3 Å². The maximum Gasteiger partial charge on any atom is 0.262 e. The first-order valence-corrected chi connectivity index (χ1v) is 9.19. The van der Waals surface area contributed by atoms with Gasteiger partial charge in [0, 0.05) is 25.7 Å². The number of fused-ring (bicyclic) bond motifs is 2. The van der Waals surface area contributed by atoms with Crippen molar-refractivity contribution in [2.45, 2.75) is 13.0 Å². The lowest BCUT2D eigenvalue weighted by atomic mass is 10.1. The number of hydrogen-bond acceptors (Lipinski definition) is 4. The van der Waals surface area contributed by atoms with Crippen LogP contribution in [0.4, 0.5) is 5.69 Å². The maximum absolute atomic E-state index is 12.6. The zero-order valence-corrected chi connectivity index (χ0v) is 15.1. The molecular formula is C20H17N3O2S. The van der Waals surface area contributed by atoms with Gasteiger partial charge in [0.15, 0.2) is 0 Å². The van der Waals surface area contributed by atoms with Gasteiger partial charge in [0.05, 0.1) is 11.7 Å². The highest BCUT2D eigenvalue weighted by Gasteiger charge is 2.13. The summed E-state index contributed by atoms with van der Waals surface area (Å²) in [5.41, 5.74) is 0.741. The van der Waals surface area contributed by atoms with E-state index in [-0.39, 0.29) is 17.9 Å². The highest BCUT2D eigenvalue weighted by atomic mass is 32.1. The van der Waals surface area contributed by atoms with E-state index < -0.39 is 0 Å². The standard InChI is InChI=1S/C20H17N3O2S/c1-22(16-7-6-14-4-2-3-5-15(14)12-16)18(24)8-10-23-13-21-19-17(20(23)25)9-11-26-19/h2-7,9,11-13H,8,10H2,1H3. The molecule has 4 aromatic rings. The molecule has 0 bridgehead atoms. The highest BCUT2D eigenvalue weighted by molar-refractivity contribution is 7.16. The van der Waals surface area contributed by atoms with Crippen molar-refractivity contribution < 1.29 is 4.79 Å². The number of carbonyl (C=O) groups is 1. The third kappa shape index (κ3) is 2.99. The molecule has 0 N–H and O–H groups in total. The number of anilines is 1. The summed E-state index contributed by atoms with van der Waals surface area (Å²) in [5.74, 6) is -0.0439. The summed E-state index contributed by atoms with van der Waals surface area (Å²) in [6, 6.07) is 15.8. The van der Waals surface area contributed by atoms with E-state index in [2.05, 4.69) is 4.98 Å². The van der Waals surface area contributed by atoms with Crippen molar-refractivity contribution in [2.24, 2.45) is 0 Å². The average molecular weight is 363 g/mol. The average Bonchev–Trinajstić information content (AvgIpc) is 3.16. The van der Waals surface area contributed by atoms with Gasteiger partial charge in [0.1, 0.15) is 4.83 Å². The molecule has 0 aliphatic carbocycles. The molecule has 0 aliphatic heterocycles. The molecule has 0 atom stereocenters. The van der Waals surface area contributed by atoms with Crippen LogP contribution in [0.1, 0.15) is 6.42 Å². The molecule has 6 heteroatoms. The number of hydrogen-bond donors (Lipinski definition) is 0. The molecule has 2 aromatic carbocycles. The van der Waals surface area contributed by atoms with Gasteiger partial charge in [-0.25, -0.2) is 4.98 Å². The number of thiophene rings is 1. The van der Waals surface area contributed by atoms with Crippen LogP contribution >= 0.6 is 11.3 Å². The predicted octanol–water partition coefficient (Wildman–Crippen LogP) is 3.66. The van der Waals surface area contributed by atoms with E-state index in [1.54, 1.807) is 18.0 Å². The Hall–Kier alpha value is -2.99. The van der Waals surface area contributed by atoms with Crippen molar-refractivity contribution >= 4 is 43.9 Å². The van der Waals surface area contributed by atoms with Crippen molar-refractivity contribution in [3.8, 4) is 0 Å². The van der Waals surface area contributed by atoms with Crippen LogP contribution in [0.2, 0.25) is 0 Å². The molecular weight excluding hydrogens is 346 g/mol. The zero-order chi connectivity index (χ0) is 18.1. The normalized spacial score (nSPS) is 11.1. The second-order valence-corrected chi connectivity index (χ2v) is 7.01. The molecule has 2 aromatic heterocycles. The van der Waals surface area contributed by atoms with Crippen molar-refractivity contribution in [3.05, 3.63) is 70.6 Å². The molecule has 5 nitrogen and oxygen atoms in total. The van der Waals surface area contributed by atoms with Crippen LogP contribution in [-0.4, -0.2) is 22.5 Å². The van der Waals surface area contributed by atoms with Crippen LogP contribution < -0.4 is 10.5 Å². The summed E-state index contributed by atoms with van der Waals surface area (Å²) in [5, 5.41) is 4.68. The first-order chi connectivity index (χ1) is 12.6. The molecule has 0 saturated heterocycles. The summed E-state index contributed by atoms with van der Waals surface area (Å²) in [4.78, 5) is 31.6. The Morgan fingerprint density at radius 2 is 1.96 bits per heavy atom. The van der Waals surface area contributed by atoms with Gasteiger partial charge < -0.3 is 4.90 Å². The van der Waals surface area contributed by atoms with Gasteiger partial charge in [0.25, 0.3) is 5.56 Å². The summed E-state index contributed by atoms with van der Waals surface area (Å²) < 4.78 is 1.50. The van der Waals surface area contributed by atoms with E-state index in [0.717, 1.165) is 21.3 Å². The molecule has 2 heterocycles. The Bertz CT molecular complexity index is 1160. The zero-order valence-electron chi connectivity index (χ0n) is 14.3. The minimum atomic E-state index is -0.0996. The second-order valence-electron chi connectivity index (χ2n) is 6.12. The van der Waals surface area contributed by atoms with Gasteiger partial charge in [-0.05, 0) is 34.4 Å². The van der Waals surface area contributed by atoms with Crippen LogP contribution in [0.5, 0.6) is 0 Å². The van der Waals surface area contributed by atoms with Crippen LogP contribution in [0, 0.1) is 0 Å². The number of aromatic nitrogens is 2. The topological polar surface area (TPSA) is 55.2 Å². The molecule has 4 rings (SSSR count). The molecule has 0 aliphatic rings. The summed E-state index contributed by atoms with van der Waals surface area (Å²) in [7, 11) is 1.76. The van der Waals surface area contributed by atoms with Crippen molar-refractivity contribution in [1.29, 1.82) is 0 Å². The third-order valence-corrected chi connectivity index (χ3v) is 5.33. The van der Waals surface area contributed by atoms with E-state index >= 15 is 0 Å². The fourth-order valence-electron chi connectivity index (χ4n) is 2.97. The molecule has 0 unspecified atom stereocenters. The minimum Gasteiger partial charge on any atom is -0.315 e. The van der Waals surface area contributed by atoms with E-state index in [1.165, 1.54) is 22.2 Å². The quantitative estimate of drug-likeness (QED) is 0.556. The number of amides is 1. The molecule has 26 heavy (non-hydrogen) atoms. The highest BCUT2D eigenvalue weighted by Crippen LogP contribution is 2.22. The minimum absolute atomic E-state index is 0.0439. The van der Waals surface area contributed by atoms with E-state index in [1.807, 2.05) is 47.8 Å². The monoisotopic (exact) mass is 363 g/mol. The van der Waals surface area contributed by atoms with Crippen LogP contribution in [0.25, 0.3) is 21.0 Å². The first-order valence-electron chi connectivity index (χ1n) is 8.31. The maximum atomic E-state index is 12.6. The van der Waals surface area contributed by atoms with Gasteiger partial charge in [-0.1, -0.05) is 30.3 Å². The lowest BCUT2D eigenvalue weighted by Crippen LogP contribution is -2.29. The molecule has 1 amide bonds. The second kappa shape index (κ2) is 6.72. The smallest absolute Gasteiger partial charge is 0.262 e. The Morgan fingerprint density at radius 1 is 1.15 bits per heavy atom. The number of carbonyl (C=O) groups excluding carboxylic acids is 1.